The molecule has 0 aliphatic heterocycles. The molecule has 2 aromatic heterocycles. The second-order valence-electron chi connectivity index (χ2n) is 9.11. The first kappa shape index (κ1) is 39.3. The number of nitriles is 1. The summed E-state index contributed by atoms with van der Waals surface area (Å²) in [6.45, 7) is 1.93. The van der Waals surface area contributed by atoms with Crippen molar-refractivity contribution in [2.45, 2.75) is 19.3 Å². The molecule has 0 aliphatic carbocycles. The molecule has 0 aliphatic rings. The van der Waals surface area contributed by atoms with Crippen molar-refractivity contribution in [3.63, 3.8) is 0 Å². The number of rotatable bonds is 2. The van der Waals surface area contributed by atoms with E-state index in [0.29, 0.717) is 5.75 Å². The molecular formula is C32H26ClF6N5O2S2. The minimum absolute atomic E-state index is 0. The molecule has 0 saturated carbocycles. The van der Waals surface area contributed by atoms with E-state index in [9.17, 15) is 26.3 Å². The summed E-state index contributed by atoms with van der Waals surface area (Å²) in [7, 11) is 0. The molecule has 2 heterocycles. The maximum Gasteiger partial charge on any atom is 0.416 e. The maximum atomic E-state index is 12.3. The van der Waals surface area contributed by atoms with Gasteiger partial charge in [-0.3, -0.25) is 5.41 Å². The lowest BCUT2D eigenvalue weighted by Crippen LogP contribution is -2.09. The number of thiazole rings is 2. The third kappa shape index (κ3) is 12.0. The number of nitrogen functional groups attached to an aromatic ring is 1. The van der Waals surface area contributed by atoms with Crippen molar-refractivity contribution >= 4 is 67.1 Å². The Morgan fingerprint density at radius 3 is 1.94 bits per heavy atom. The number of halogens is 7. The fourth-order valence-corrected chi connectivity index (χ4v) is 4.98. The van der Waals surface area contributed by atoms with E-state index in [1.165, 1.54) is 35.6 Å². The van der Waals surface area contributed by atoms with Crippen molar-refractivity contribution in [1.82, 2.24) is 9.97 Å². The SMILES string of the molecule is CCOC(=N)c1cccc(C(F)(F)F)c1.Cl.N#Cc1cccc(C(F)(F)F)c1.Nc1ccc2ncsc2c1.Oc1ccc2ncsc2c1. The molecule has 0 radical (unpaired) electrons. The normalized spacial score (nSPS) is 10.5. The maximum absolute atomic E-state index is 12.3. The Balaban J connectivity index is 0.000000223. The van der Waals surface area contributed by atoms with E-state index in [2.05, 4.69) is 9.97 Å². The molecule has 48 heavy (non-hydrogen) atoms. The van der Waals surface area contributed by atoms with Gasteiger partial charge in [-0.15, -0.1) is 35.1 Å². The molecule has 6 aromatic rings. The van der Waals surface area contributed by atoms with Crippen LogP contribution in [0.15, 0.2) is 96.0 Å². The Labute approximate surface area is 284 Å². The number of hydrogen-bond donors (Lipinski definition) is 3. The predicted octanol–water partition coefficient (Wildman–Crippen LogP) is 9.95. The number of ether oxygens (including phenoxy) is 1. The number of phenolic OH excluding ortho intramolecular Hbond substituents is 1. The summed E-state index contributed by atoms with van der Waals surface area (Å²) in [6.07, 6.45) is -8.75. The summed E-state index contributed by atoms with van der Waals surface area (Å²) >= 11 is 3.14. The fraction of sp³-hybridized carbons (Fsp3) is 0.125. The van der Waals surface area contributed by atoms with Crippen LogP contribution in [-0.2, 0) is 17.1 Å². The number of aromatic nitrogens is 2. The zero-order valence-electron chi connectivity index (χ0n) is 24.7. The van der Waals surface area contributed by atoms with Gasteiger partial charge in [0.2, 0.25) is 5.90 Å². The van der Waals surface area contributed by atoms with Crippen LogP contribution in [0.4, 0.5) is 32.0 Å². The Morgan fingerprint density at radius 2 is 1.38 bits per heavy atom. The second kappa shape index (κ2) is 17.9. The van der Waals surface area contributed by atoms with Gasteiger partial charge in [-0.05, 0) is 79.7 Å². The summed E-state index contributed by atoms with van der Waals surface area (Å²) in [5.74, 6) is 0.0559. The molecule has 6 rings (SSSR count). The summed E-state index contributed by atoms with van der Waals surface area (Å²) in [4.78, 5) is 8.19. The van der Waals surface area contributed by atoms with Gasteiger partial charge in [0.1, 0.15) is 5.75 Å². The van der Waals surface area contributed by atoms with Crippen LogP contribution in [0.1, 0.15) is 29.2 Å². The molecule has 4 aromatic carbocycles. The first-order valence-electron chi connectivity index (χ1n) is 13.3. The standard InChI is InChI=1S/C10H10F3NO.C8H4F3N.C7H6N2S.C7H5NOS.ClH/c1-2-15-9(14)7-4-3-5-8(6-7)10(11,12)13;9-8(10,11)7-3-1-2-6(4-7)5-12;8-5-1-2-6-7(3-5)10-4-9-6;9-5-1-2-6-7(3-5)10-4-8-6;/h3-6,14H,2H2,1H3;1-4H;1-4H,8H2;1-4,9H;1H. The van der Waals surface area contributed by atoms with E-state index in [-0.39, 0.29) is 36.0 Å². The summed E-state index contributed by atoms with van der Waals surface area (Å²) in [5.41, 5.74) is 10.5. The number of nitrogens with two attached hydrogens (primary N) is 1. The Bertz CT molecular complexity index is 1900. The summed E-state index contributed by atoms with van der Waals surface area (Å²) < 4.78 is 79.9. The Morgan fingerprint density at radius 1 is 0.833 bits per heavy atom. The van der Waals surface area contributed by atoms with Crippen molar-refractivity contribution in [3.8, 4) is 11.8 Å². The first-order valence-corrected chi connectivity index (χ1v) is 15.0. The number of fused-ring (bicyclic) bond motifs is 2. The van der Waals surface area contributed by atoms with E-state index in [1.54, 1.807) is 48.0 Å². The molecule has 0 spiro atoms. The van der Waals surface area contributed by atoms with Crippen molar-refractivity contribution in [1.29, 1.82) is 10.7 Å². The number of phenols is 1. The van der Waals surface area contributed by atoms with Gasteiger partial charge in [0.05, 0.1) is 60.8 Å². The van der Waals surface area contributed by atoms with Gasteiger partial charge >= 0.3 is 12.4 Å². The Kier molecular flexibility index (Phi) is 14.6. The van der Waals surface area contributed by atoms with Crippen LogP contribution >= 0.6 is 35.1 Å². The topological polar surface area (TPSA) is 129 Å². The van der Waals surface area contributed by atoms with E-state index in [4.69, 9.17) is 26.2 Å². The van der Waals surface area contributed by atoms with Crippen molar-refractivity contribution in [2.24, 2.45) is 0 Å². The van der Waals surface area contributed by atoms with E-state index in [0.717, 1.165) is 50.4 Å². The number of aromatic hydroxyl groups is 1. The van der Waals surface area contributed by atoms with Gasteiger partial charge in [0.25, 0.3) is 0 Å². The van der Waals surface area contributed by atoms with Crippen LogP contribution in [0, 0.1) is 16.7 Å². The third-order valence-electron chi connectivity index (χ3n) is 5.73. The zero-order chi connectivity index (χ0) is 34.6. The number of benzene rings is 4. The van der Waals surface area contributed by atoms with Crippen molar-refractivity contribution in [2.75, 3.05) is 12.3 Å². The highest BCUT2D eigenvalue weighted by Gasteiger charge is 2.31. The van der Waals surface area contributed by atoms with Gasteiger partial charge < -0.3 is 15.6 Å². The molecule has 4 N–H and O–H groups in total. The van der Waals surface area contributed by atoms with Gasteiger partial charge in [0.15, 0.2) is 0 Å². The molecular weight excluding hydrogens is 700 g/mol. The van der Waals surface area contributed by atoms with Crippen LogP contribution in [0.2, 0.25) is 0 Å². The minimum Gasteiger partial charge on any atom is -0.508 e. The monoisotopic (exact) mass is 725 g/mol. The second-order valence-corrected chi connectivity index (χ2v) is 10.9. The van der Waals surface area contributed by atoms with Crippen molar-refractivity contribution in [3.05, 3.63) is 118 Å². The average Bonchev–Trinajstić information content (AvgIpc) is 3.70. The molecule has 0 bridgehead atoms. The fourth-order valence-electron chi connectivity index (χ4n) is 3.54. The molecule has 0 fully saturated rings. The quantitative estimate of drug-likeness (QED) is 0.0706. The van der Waals surface area contributed by atoms with E-state index < -0.39 is 23.5 Å². The molecule has 0 amide bonds. The van der Waals surface area contributed by atoms with E-state index in [1.807, 2.05) is 23.7 Å². The largest absolute Gasteiger partial charge is 0.508 e. The number of nitrogens with one attached hydrogen (secondary N) is 1. The van der Waals surface area contributed by atoms with Gasteiger partial charge in [-0.25, -0.2) is 9.97 Å². The number of anilines is 1. The first-order chi connectivity index (χ1) is 22.2. The number of hydrogen-bond acceptors (Lipinski definition) is 9. The molecule has 0 unspecified atom stereocenters. The van der Waals surface area contributed by atoms with Gasteiger partial charge in [-0.1, -0.05) is 12.1 Å². The van der Waals surface area contributed by atoms with Crippen LogP contribution < -0.4 is 5.73 Å². The van der Waals surface area contributed by atoms with Gasteiger partial charge in [0, 0.05) is 11.3 Å². The third-order valence-corrected chi connectivity index (χ3v) is 7.31. The van der Waals surface area contributed by atoms with E-state index >= 15 is 0 Å². The lowest BCUT2D eigenvalue weighted by Gasteiger charge is -2.09. The number of alkyl halides is 6. The van der Waals surface area contributed by atoms with Crippen LogP contribution in [0.3, 0.4) is 0 Å². The molecule has 0 saturated heterocycles. The molecule has 252 valence electrons. The van der Waals surface area contributed by atoms with Crippen LogP contribution in [0.5, 0.6) is 5.75 Å². The molecule has 0 atom stereocenters. The molecule has 7 nitrogen and oxygen atoms in total. The lowest BCUT2D eigenvalue weighted by molar-refractivity contribution is -0.138. The van der Waals surface area contributed by atoms with Crippen LogP contribution in [-0.4, -0.2) is 27.6 Å². The Hall–Kier alpha value is -4.91. The van der Waals surface area contributed by atoms with Crippen LogP contribution in [0.25, 0.3) is 20.4 Å². The van der Waals surface area contributed by atoms with Crippen molar-refractivity contribution < 1.29 is 36.2 Å². The number of nitrogens with zero attached hydrogens (tertiary/aromatic N) is 3. The summed E-state index contributed by atoms with van der Waals surface area (Å²) in [6, 6.07) is 21.4. The lowest BCUT2D eigenvalue weighted by atomic mass is 10.1. The molecule has 16 heteroatoms. The average molecular weight is 726 g/mol. The highest BCUT2D eigenvalue weighted by Crippen LogP contribution is 2.30. The predicted molar refractivity (Wildman–Crippen MR) is 179 cm³/mol. The highest BCUT2D eigenvalue weighted by molar-refractivity contribution is 7.17. The minimum atomic E-state index is -4.39. The van der Waals surface area contributed by atoms with Gasteiger partial charge in [-0.2, -0.15) is 31.6 Å². The smallest absolute Gasteiger partial charge is 0.416 e. The summed E-state index contributed by atoms with van der Waals surface area (Å²) in [5, 5.41) is 24.7. The zero-order valence-corrected chi connectivity index (χ0v) is 27.2. The highest BCUT2D eigenvalue weighted by atomic mass is 35.5.